The summed E-state index contributed by atoms with van der Waals surface area (Å²) >= 11 is 0. The Morgan fingerprint density at radius 3 is 2.59 bits per heavy atom. The highest BCUT2D eigenvalue weighted by Crippen LogP contribution is 2.08. The van der Waals surface area contributed by atoms with Gasteiger partial charge in [-0.25, -0.2) is 0 Å². The highest BCUT2D eigenvalue weighted by Gasteiger charge is 2.13. The van der Waals surface area contributed by atoms with E-state index in [1.807, 2.05) is 31.2 Å². The Hall–Kier alpha value is -1.39. The van der Waals surface area contributed by atoms with E-state index in [4.69, 9.17) is 0 Å². The molecule has 0 spiro atoms. The van der Waals surface area contributed by atoms with E-state index in [1.165, 1.54) is 5.56 Å². The number of anilines is 1. The molecule has 2 N–H and O–H groups in total. The van der Waals surface area contributed by atoms with Crippen LogP contribution in [0.5, 0.6) is 0 Å². The molecule has 0 bridgehead atoms. The second kappa shape index (κ2) is 5.80. The lowest BCUT2D eigenvalue weighted by Crippen LogP contribution is -2.46. The summed E-state index contributed by atoms with van der Waals surface area (Å²) in [7, 11) is 0. The van der Waals surface area contributed by atoms with E-state index in [0.29, 0.717) is 6.54 Å². The Morgan fingerprint density at radius 1 is 1.29 bits per heavy atom. The van der Waals surface area contributed by atoms with Crippen LogP contribution in [0.25, 0.3) is 0 Å². The quantitative estimate of drug-likeness (QED) is 0.813. The monoisotopic (exact) mass is 233 g/mol. The van der Waals surface area contributed by atoms with E-state index < -0.39 is 0 Å². The van der Waals surface area contributed by atoms with Crippen LogP contribution in [0.4, 0.5) is 5.69 Å². The summed E-state index contributed by atoms with van der Waals surface area (Å²) in [6.45, 7) is 6.35. The van der Waals surface area contributed by atoms with Crippen LogP contribution in [-0.4, -0.2) is 43.5 Å². The standard InChI is InChI=1S/C13H19N3O/c1-11-2-4-12(5-3-11)15-13(17)10-16-8-6-14-7-9-16/h2-5,14H,6-10H2,1H3,(H,15,17). The molecule has 0 saturated carbocycles. The number of piperazine rings is 1. The fourth-order valence-corrected chi connectivity index (χ4v) is 1.91. The number of carbonyl (C=O) groups excluding carboxylic acids is 1. The molecule has 0 aliphatic carbocycles. The zero-order chi connectivity index (χ0) is 12.1. The Bertz CT molecular complexity index is 369. The summed E-state index contributed by atoms with van der Waals surface area (Å²) in [5, 5.41) is 6.19. The lowest BCUT2D eigenvalue weighted by Gasteiger charge is -2.26. The SMILES string of the molecule is Cc1ccc(NC(=O)CN2CCNCC2)cc1. The summed E-state index contributed by atoms with van der Waals surface area (Å²) in [6.07, 6.45) is 0. The molecule has 4 nitrogen and oxygen atoms in total. The summed E-state index contributed by atoms with van der Waals surface area (Å²) < 4.78 is 0. The van der Waals surface area contributed by atoms with Gasteiger partial charge in [0, 0.05) is 31.9 Å². The Morgan fingerprint density at radius 2 is 1.94 bits per heavy atom. The van der Waals surface area contributed by atoms with Crippen LogP contribution in [0.15, 0.2) is 24.3 Å². The largest absolute Gasteiger partial charge is 0.325 e. The Labute approximate surface area is 102 Å². The molecule has 4 heteroatoms. The van der Waals surface area contributed by atoms with Gasteiger partial charge in [0.15, 0.2) is 0 Å². The zero-order valence-electron chi connectivity index (χ0n) is 10.2. The first-order valence-electron chi connectivity index (χ1n) is 6.03. The molecule has 1 amide bonds. The zero-order valence-corrected chi connectivity index (χ0v) is 10.2. The minimum Gasteiger partial charge on any atom is -0.325 e. The summed E-state index contributed by atoms with van der Waals surface area (Å²) in [6, 6.07) is 7.87. The van der Waals surface area contributed by atoms with Crippen molar-refractivity contribution >= 4 is 11.6 Å². The number of carbonyl (C=O) groups is 1. The predicted molar refractivity (Wildman–Crippen MR) is 69.1 cm³/mol. The highest BCUT2D eigenvalue weighted by atomic mass is 16.2. The molecule has 1 aromatic carbocycles. The summed E-state index contributed by atoms with van der Waals surface area (Å²) in [5.74, 6) is 0.0655. The van der Waals surface area contributed by atoms with Crippen molar-refractivity contribution in [2.45, 2.75) is 6.92 Å². The van der Waals surface area contributed by atoms with Crippen molar-refractivity contribution in [1.82, 2.24) is 10.2 Å². The number of hydrogen-bond acceptors (Lipinski definition) is 3. The molecule has 2 rings (SSSR count). The maximum atomic E-state index is 11.8. The van der Waals surface area contributed by atoms with Crippen LogP contribution < -0.4 is 10.6 Å². The minimum atomic E-state index is 0.0655. The first-order chi connectivity index (χ1) is 8.24. The number of aryl methyl sites for hydroxylation is 1. The molecule has 0 unspecified atom stereocenters. The molecule has 1 fully saturated rings. The molecule has 1 aliphatic rings. The average Bonchev–Trinajstić information content (AvgIpc) is 2.33. The molecule has 0 aromatic heterocycles. The minimum absolute atomic E-state index is 0.0655. The Kier molecular flexibility index (Phi) is 4.12. The van der Waals surface area contributed by atoms with Crippen LogP contribution in [0.3, 0.4) is 0 Å². The third kappa shape index (κ3) is 3.84. The number of nitrogens with one attached hydrogen (secondary N) is 2. The number of rotatable bonds is 3. The number of benzene rings is 1. The van der Waals surface area contributed by atoms with Gasteiger partial charge < -0.3 is 10.6 Å². The smallest absolute Gasteiger partial charge is 0.238 e. The van der Waals surface area contributed by atoms with E-state index in [-0.39, 0.29) is 5.91 Å². The first-order valence-corrected chi connectivity index (χ1v) is 6.03. The highest BCUT2D eigenvalue weighted by molar-refractivity contribution is 5.92. The molecule has 17 heavy (non-hydrogen) atoms. The van der Waals surface area contributed by atoms with Crippen molar-refractivity contribution in [3.63, 3.8) is 0 Å². The van der Waals surface area contributed by atoms with Gasteiger partial charge in [-0.2, -0.15) is 0 Å². The van der Waals surface area contributed by atoms with Crippen LogP contribution >= 0.6 is 0 Å². The van der Waals surface area contributed by atoms with Crippen LogP contribution in [0, 0.1) is 6.92 Å². The topological polar surface area (TPSA) is 44.4 Å². The third-order valence-corrected chi connectivity index (χ3v) is 2.91. The maximum Gasteiger partial charge on any atom is 0.238 e. The second-order valence-electron chi connectivity index (χ2n) is 4.44. The number of hydrogen-bond donors (Lipinski definition) is 2. The summed E-state index contributed by atoms with van der Waals surface area (Å²) in [4.78, 5) is 14.0. The van der Waals surface area contributed by atoms with Crippen molar-refractivity contribution in [3.8, 4) is 0 Å². The Balaban J connectivity index is 1.82. The van der Waals surface area contributed by atoms with Crippen molar-refractivity contribution < 1.29 is 4.79 Å². The molecule has 1 heterocycles. The van der Waals surface area contributed by atoms with E-state index in [9.17, 15) is 4.79 Å². The molecular formula is C13H19N3O. The fraction of sp³-hybridized carbons (Fsp3) is 0.462. The van der Waals surface area contributed by atoms with E-state index in [2.05, 4.69) is 15.5 Å². The lowest BCUT2D eigenvalue weighted by atomic mass is 10.2. The van der Waals surface area contributed by atoms with E-state index in [0.717, 1.165) is 31.9 Å². The van der Waals surface area contributed by atoms with Gasteiger partial charge in [-0.3, -0.25) is 9.69 Å². The number of nitrogens with zero attached hydrogens (tertiary/aromatic N) is 1. The second-order valence-corrected chi connectivity index (χ2v) is 4.44. The maximum absolute atomic E-state index is 11.8. The van der Waals surface area contributed by atoms with Crippen LogP contribution in [-0.2, 0) is 4.79 Å². The van der Waals surface area contributed by atoms with Crippen molar-refractivity contribution in [2.24, 2.45) is 0 Å². The molecule has 1 aromatic rings. The van der Waals surface area contributed by atoms with Gasteiger partial charge in [-0.05, 0) is 19.1 Å². The van der Waals surface area contributed by atoms with Gasteiger partial charge in [-0.1, -0.05) is 17.7 Å². The van der Waals surface area contributed by atoms with Gasteiger partial charge in [0.05, 0.1) is 6.54 Å². The van der Waals surface area contributed by atoms with Gasteiger partial charge in [0.1, 0.15) is 0 Å². The molecule has 92 valence electrons. The third-order valence-electron chi connectivity index (χ3n) is 2.91. The molecule has 0 atom stereocenters. The predicted octanol–water partition coefficient (Wildman–Crippen LogP) is 0.839. The van der Waals surface area contributed by atoms with Crippen molar-refractivity contribution in [1.29, 1.82) is 0 Å². The van der Waals surface area contributed by atoms with Gasteiger partial charge in [-0.15, -0.1) is 0 Å². The van der Waals surface area contributed by atoms with Gasteiger partial charge in [0.2, 0.25) is 5.91 Å². The molecule has 1 saturated heterocycles. The molecular weight excluding hydrogens is 214 g/mol. The van der Waals surface area contributed by atoms with E-state index in [1.54, 1.807) is 0 Å². The molecule has 0 radical (unpaired) electrons. The van der Waals surface area contributed by atoms with Gasteiger partial charge >= 0.3 is 0 Å². The molecule has 1 aliphatic heterocycles. The van der Waals surface area contributed by atoms with E-state index >= 15 is 0 Å². The normalized spacial score (nSPS) is 16.8. The van der Waals surface area contributed by atoms with Crippen molar-refractivity contribution in [2.75, 3.05) is 38.0 Å². The van der Waals surface area contributed by atoms with Crippen LogP contribution in [0.2, 0.25) is 0 Å². The average molecular weight is 233 g/mol. The number of amides is 1. The van der Waals surface area contributed by atoms with Gasteiger partial charge in [0.25, 0.3) is 0 Å². The lowest BCUT2D eigenvalue weighted by molar-refractivity contribution is -0.117. The van der Waals surface area contributed by atoms with Crippen LogP contribution in [0.1, 0.15) is 5.56 Å². The summed E-state index contributed by atoms with van der Waals surface area (Å²) in [5.41, 5.74) is 2.07. The fourth-order valence-electron chi connectivity index (χ4n) is 1.91. The van der Waals surface area contributed by atoms with Crippen molar-refractivity contribution in [3.05, 3.63) is 29.8 Å². The first kappa shape index (κ1) is 12.1.